The van der Waals surface area contributed by atoms with Gasteiger partial charge in [-0.15, -0.1) is 11.3 Å². The molecule has 2 heterocycles. The number of rotatable bonds is 4. The minimum Gasteiger partial charge on any atom is -0.266 e. The van der Waals surface area contributed by atoms with Crippen molar-refractivity contribution in [3.05, 3.63) is 91.2 Å². The highest BCUT2D eigenvalue weighted by atomic mass is 35.5. The number of thiophene rings is 1. The Bertz CT molecular complexity index is 1300. The molecule has 0 aliphatic carbocycles. The van der Waals surface area contributed by atoms with Gasteiger partial charge in [0.15, 0.2) is 5.69 Å². The number of halogens is 3. The Morgan fingerprint density at radius 3 is 2.28 bits per heavy atom. The predicted molar refractivity (Wildman–Crippen MR) is 128 cm³/mol. The molecule has 2 aromatic carbocycles. The van der Waals surface area contributed by atoms with E-state index in [0.29, 0.717) is 36.9 Å². The monoisotopic (exact) mass is 504 g/mol. The fraction of sp³-hybridized carbons (Fsp3) is 0.0455. The summed E-state index contributed by atoms with van der Waals surface area (Å²) in [6.45, 7) is 1.77. The summed E-state index contributed by atoms with van der Waals surface area (Å²) in [7, 11) is 0. The van der Waals surface area contributed by atoms with E-state index >= 15 is 0 Å². The van der Waals surface area contributed by atoms with E-state index in [-0.39, 0.29) is 5.69 Å². The van der Waals surface area contributed by atoms with Crippen LogP contribution < -0.4 is 10.9 Å². The van der Waals surface area contributed by atoms with Crippen molar-refractivity contribution in [3.63, 3.8) is 0 Å². The molecular formula is C22H15Cl3N4O2S. The summed E-state index contributed by atoms with van der Waals surface area (Å²) in [6.07, 6.45) is 0. The van der Waals surface area contributed by atoms with E-state index in [0.717, 1.165) is 5.56 Å². The number of amides is 2. The van der Waals surface area contributed by atoms with Gasteiger partial charge in [0, 0.05) is 21.2 Å². The summed E-state index contributed by atoms with van der Waals surface area (Å²) in [4.78, 5) is 25.5. The highest BCUT2D eigenvalue weighted by molar-refractivity contribution is 7.12. The molecule has 0 atom stereocenters. The van der Waals surface area contributed by atoms with Gasteiger partial charge in [-0.25, -0.2) is 4.68 Å². The van der Waals surface area contributed by atoms with E-state index in [1.807, 2.05) is 12.1 Å². The SMILES string of the molecule is Cc1c(C(=O)NNC(=O)c2cccs2)nn(-c2ccc(Cl)cc2Cl)c1-c1ccc(Cl)cc1. The van der Waals surface area contributed by atoms with E-state index in [2.05, 4.69) is 16.0 Å². The average Bonchev–Trinajstić information content (AvgIpc) is 3.41. The summed E-state index contributed by atoms with van der Waals surface area (Å²) in [5, 5.41) is 7.71. The van der Waals surface area contributed by atoms with Gasteiger partial charge in [0.2, 0.25) is 0 Å². The number of hydrogen-bond acceptors (Lipinski definition) is 4. The van der Waals surface area contributed by atoms with Gasteiger partial charge in [0.25, 0.3) is 11.8 Å². The molecule has 2 aromatic heterocycles. The maximum absolute atomic E-state index is 12.9. The van der Waals surface area contributed by atoms with Gasteiger partial charge in [-0.05, 0) is 48.7 Å². The van der Waals surface area contributed by atoms with E-state index < -0.39 is 11.8 Å². The second kappa shape index (κ2) is 9.34. The molecule has 4 rings (SSSR count). The van der Waals surface area contributed by atoms with E-state index in [1.54, 1.807) is 59.5 Å². The Morgan fingerprint density at radius 1 is 0.938 bits per heavy atom. The third kappa shape index (κ3) is 4.52. The first-order valence-corrected chi connectivity index (χ1v) is 11.3. The lowest BCUT2D eigenvalue weighted by atomic mass is 10.1. The van der Waals surface area contributed by atoms with Crippen LogP contribution in [0.3, 0.4) is 0 Å². The van der Waals surface area contributed by atoms with Crippen LogP contribution in [-0.2, 0) is 0 Å². The maximum Gasteiger partial charge on any atom is 0.290 e. The van der Waals surface area contributed by atoms with Crippen molar-refractivity contribution >= 4 is 58.0 Å². The fourth-order valence-electron chi connectivity index (χ4n) is 3.13. The molecule has 32 heavy (non-hydrogen) atoms. The number of nitrogens with one attached hydrogen (secondary N) is 2. The second-order valence-corrected chi connectivity index (χ2v) is 8.95. The highest BCUT2D eigenvalue weighted by Crippen LogP contribution is 2.33. The molecule has 10 heteroatoms. The molecule has 0 spiro atoms. The number of hydrogen-bond donors (Lipinski definition) is 2. The smallest absolute Gasteiger partial charge is 0.266 e. The molecule has 0 unspecified atom stereocenters. The van der Waals surface area contributed by atoms with Gasteiger partial charge in [0.1, 0.15) is 0 Å². The zero-order valence-electron chi connectivity index (χ0n) is 16.5. The van der Waals surface area contributed by atoms with Gasteiger partial charge >= 0.3 is 0 Å². The first kappa shape index (κ1) is 22.4. The molecular weight excluding hydrogens is 491 g/mol. The van der Waals surface area contributed by atoms with Crippen LogP contribution in [0.15, 0.2) is 60.0 Å². The lowest BCUT2D eigenvalue weighted by Crippen LogP contribution is -2.41. The van der Waals surface area contributed by atoms with Gasteiger partial charge < -0.3 is 0 Å². The Hall–Kier alpha value is -2.84. The number of hydrazine groups is 1. The van der Waals surface area contributed by atoms with Crippen LogP contribution in [0.2, 0.25) is 15.1 Å². The molecule has 6 nitrogen and oxygen atoms in total. The number of carbonyl (C=O) groups is 2. The van der Waals surface area contributed by atoms with Crippen molar-refractivity contribution in [2.75, 3.05) is 0 Å². The van der Waals surface area contributed by atoms with Crippen LogP contribution in [0.5, 0.6) is 0 Å². The summed E-state index contributed by atoms with van der Waals surface area (Å²) < 4.78 is 1.58. The molecule has 2 amide bonds. The van der Waals surface area contributed by atoms with Crippen LogP contribution >= 0.6 is 46.1 Å². The van der Waals surface area contributed by atoms with Crippen molar-refractivity contribution in [3.8, 4) is 16.9 Å². The minimum atomic E-state index is -0.563. The lowest BCUT2D eigenvalue weighted by Gasteiger charge is -2.11. The van der Waals surface area contributed by atoms with Gasteiger partial charge in [-0.2, -0.15) is 5.10 Å². The highest BCUT2D eigenvalue weighted by Gasteiger charge is 2.23. The third-order valence-corrected chi connectivity index (χ3v) is 6.29. The third-order valence-electron chi connectivity index (χ3n) is 4.63. The van der Waals surface area contributed by atoms with Crippen molar-refractivity contribution < 1.29 is 9.59 Å². The Kier molecular flexibility index (Phi) is 6.53. The molecule has 0 bridgehead atoms. The molecule has 0 aliphatic rings. The van der Waals surface area contributed by atoms with Crippen molar-refractivity contribution in [2.45, 2.75) is 6.92 Å². The maximum atomic E-state index is 12.9. The molecule has 0 aliphatic heterocycles. The van der Waals surface area contributed by atoms with Gasteiger partial charge in [-0.1, -0.05) is 53.0 Å². The fourth-order valence-corrected chi connectivity index (χ4v) is 4.36. The lowest BCUT2D eigenvalue weighted by molar-refractivity contribution is 0.0845. The molecule has 4 aromatic rings. The van der Waals surface area contributed by atoms with Crippen LogP contribution in [-0.4, -0.2) is 21.6 Å². The zero-order chi connectivity index (χ0) is 22.8. The predicted octanol–water partition coefficient (Wildman–Crippen LogP) is 5.94. The Balaban J connectivity index is 1.74. The first-order chi connectivity index (χ1) is 15.3. The molecule has 0 radical (unpaired) electrons. The standard InChI is InChI=1S/C22H15Cl3N4O2S/c1-12-19(22(31)27-26-21(30)18-3-2-10-32-18)28-29(17-9-8-15(24)11-16(17)25)20(12)13-4-6-14(23)7-5-13/h2-11H,1H3,(H,26,30)(H,27,31). The first-order valence-electron chi connectivity index (χ1n) is 9.30. The molecule has 0 saturated carbocycles. The van der Waals surface area contributed by atoms with Crippen LogP contribution in [0, 0.1) is 6.92 Å². The average molecular weight is 506 g/mol. The summed E-state index contributed by atoms with van der Waals surface area (Å²) >= 11 is 19.8. The minimum absolute atomic E-state index is 0.132. The number of nitrogens with zero attached hydrogens (tertiary/aromatic N) is 2. The summed E-state index contributed by atoms with van der Waals surface area (Å²) in [5.74, 6) is -0.976. The molecule has 0 saturated heterocycles. The number of benzene rings is 2. The molecule has 2 N–H and O–H groups in total. The van der Waals surface area contributed by atoms with E-state index in [1.165, 1.54) is 11.3 Å². The zero-order valence-corrected chi connectivity index (χ0v) is 19.6. The van der Waals surface area contributed by atoms with E-state index in [9.17, 15) is 9.59 Å². The summed E-state index contributed by atoms with van der Waals surface area (Å²) in [5.41, 5.74) is 7.54. The number of aromatic nitrogens is 2. The van der Waals surface area contributed by atoms with Gasteiger partial charge in [-0.3, -0.25) is 20.4 Å². The second-order valence-electron chi connectivity index (χ2n) is 6.72. The number of carbonyl (C=O) groups excluding carboxylic acids is 2. The summed E-state index contributed by atoms with van der Waals surface area (Å²) in [6, 6.07) is 15.6. The van der Waals surface area contributed by atoms with Gasteiger partial charge in [0.05, 0.1) is 21.3 Å². The van der Waals surface area contributed by atoms with Crippen molar-refractivity contribution in [2.24, 2.45) is 0 Å². The Labute approximate surface area is 202 Å². The molecule has 162 valence electrons. The quantitative estimate of drug-likeness (QED) is 0.337. The Morgan fingerprint density at radius 2 is 1.62 bits per heavy atom. The normalized spacial score (nSPS) is 10.8. The van der Waals surface area contributed by atoms with Crippen molar-refractivity contribution in [1.29, 1.82) is 0 Å². The van der Waals surface area contributed by atoms with Crippen LogP contribution in [0.25, 0.3) is 16.9 Å². The van der Waals surface area contributed by atoms with Crippen LogP contribution in [0.4, 0.5) is 0 Å². The van der Waals surface area contributed by atoms with Crippen LogP contribution in [0.1, 0.15) is 25.7 Å². The topological polar surface area (TPSA) is 76.0 Å². The van der Waals surface area contributed by atoms with E-state index in [4.69, 9.17) is 34.8 Å². The van der Waals surface area contributed by atoms with Crippen molar-refractivity contribution in [1.82, 2.24) is 20.6 Å². The largest absolute Gasteiger partial charge is 0.290 e. The molecule has 0 fully saturated rings.